The molecule has 1 rings (SSSR count). The van der Waals surface area contributed by atoms with Gasteiger partial charge in [-0.3, -0.25) is 4.79 Å². The van der Waals surface area contributed by atoms with Gasteiger partial charge in [-0.15, -0.1) is 0 Å². The Morgan fingerprint density at radius 2 is 1.58 bits per heavy atom. The van der Waals surface area contributed by atoms with Crippen LogP contribution in [-0.2, 0) is 19.1 Å². The third-order valence-corrected chi connectivity index (χ3v) is 2.65. The third-order valence-electron chi connectivity index (χ3n) is 2.65. The Morgan fingerprint density at radius 1 is 1.05 bits per heavy atom. The molecule has 5 atom stereocenters. The molecule has 0 aromatic rings. The molecule has 110 valence electrons. The molecule has 0 aromatic carbocycles. The molecule has 19 heavy (non-hydrogen) atoms. The number of aliphatic hydroxyl groups excluding tert-OH is 3. The predicted octanol–water partition coefficient (Wildman–Crippen LogP) is -1.53. The molecule has 1 fully saturated rings. The Hall–Kier alpha value is -1.22. The number of carbonyl (C=O) groups excluding carboxylic acids is 1. The first-order valence-corrected chi connectivity index (χ1v) is 5.69. The molecule has 0 bridgehead atoms. The van der Waals surface area contributed by atoms with E-state index in [1.165, 1.54) is 0 Å². The molecule has 1 aliphatic rings. The van der Waals surface area contributed by atoms with Crippen molar-refractivity contribution >= 4 is 11.9 Å². The third kappa shape index (κ3) is 3.41. The molecule has 4 N–H and O–H groups in total. The number of carbonyl (C=O) groups is 2. The van der Waals surface area contributed by atoms with Crippen LogP contribution in [0.1, 0.15) is 20.8 Å². The van der Waals surface area contributed by atoms with Gasteiger partial charge in [-0.25, -0.2) is 4.79 Å². The smallest absolute Gasteiger partial charge is 0.335 e. The Kier molecular flexibility index (Phi) is 4.51. The zero-order valence-corrected chi connectivity index (χ0v) is 10.8. The van der Waals surface area contributed by atoms with Crippen LogP contribution < -0.4 is 0 Å². The summed E-state index contributed by atoms with van der Waals surface area (Å²) in [6.07, 6.45) is -8.75. The summed E-state index contributed by atoms with van der Waals surface area (Å²) in [6, 6.07) is 0. The van der Waals surface area contributed by atoms with Gasteiger partial charge in [0.1, 0.15) is 18.3 Å². The number of hydrogen-bond acceptors (Lipinski definition) is 7. The van der Waals surface area contributed by atoms with Gasteiger partial charge in [-0.05, 0) is 20.8 Å². The van der Waals surface area contributed by atoms with Crippen LogP contribution in [0, 0.1) is 5.41 Å². The standard InChI is InChI=1S/C11H18O8/c1-11(2,3)10(17)19-9-6(14)4(12)5(13)7(18-9)8(15)16/h4-7,9,12-14H,1-3H3,(H,15,16)/t4-,5-,6+,7-,9-/m0/s1. The molecule has 1 saturated heterocycles. The van der Waals surface area contributed by atoms with Gasteiger partial charge in [-0.2, -0.15) is 0 Å². The van der Waals surface area contributed by atoms with E-state index in [-0.39, 0.29) is 0 Å². The van der Waals surface area contributed by atoms with Gasteiger partial charge >= 0.3 is 11.9 Å². The molecule has 0 saturated carbocycles. The maximum Gasteiger partial charge on any atom is 0.335 e. The topological polar surface area (TPSA) is 134 Å². The van der Waals surface area contributed by atoms with E-state index in [0.29, 0.717) is 0 Å². The van der Waals surface area contributed by atoms with Crippen molar-refractivity contribution in [3.63, 3.8) is 0 Å². The maximum atomic E-state index is 11.6. The fourth-order valence-electron chi connectivity index (χ4n) is 1.43. The summed E-state index contributed by atoms with van der Waals surface area (Å²) in [4.78, 5) is 22.5. The molecule has 0 radical (unpaired) electrons. The van der Waals surface area contributed by atoms with Crippen molar-refractivity contribution in [2.75, 3.05) is 0 Å². The molecule has 1 heterocycles. The van der Waals surface area contributed by atoms with Crippen LogP contribution in [0.3, 0.4) is 0 Å². The van der Waals surface area contributed by atoms with Crippen molar-refractivity contribution in [3.05, 3.63) is 0 Å². The van der Waals surface area contributed by atoms with Crippen molar-refractivity contribution in [2.45, 2.75) is 51.5 Å². The van der Waals surface area contributed by atoms with E-state index in [1.807, 2.05) is 0 Å². The first-order valence-electron chi connectivity index (χ1n) is 5.69. The molecule has 0 aromatic heterocycles. The number of rotatable bonds is 2. The van der Waals surface area contributed by atoms with Gasteiger partial charge in [-0.1, -0.05) is 0 Å². The lowest BCUT2D eigenvalue weighted by Gasteiger charge is -2.38. The van der Waals surface area contributed by atoms with Crippen LogP contribution in [-0.4, -0.2) is 63.1 Å². The summed E-state index contributed by atoms with van der Waals surface area (Å²) < 4.78 is 9.63. The van der Waals surface area contributed by atoms with Gasteiger partial charge in [0, 0.05) is 0 Å². The number of aliphatic carboxylic acids is 1. The quantitative estimate of drug-likeness (QED) is 0.447. The summed E-state index contributed by atoms with van der Waals surface area (Å²) in [6.45, 7) is 4.68. The Morgan fingerprint density at radius 3 is 2.00 bits per heavy atom. The summed E-state index contributed by atoms with van der Waals surface area (Å²) >= 11 is 0. The lowest BCUT2D eigenvalue weighted by Crippen LogP contribution is -2.60. The van der Waals surface area contributed by atoms with Gasteiger partial charge in [0.2, 0.25) is 6.29 Å². The molecule has 0 amide bonds. The van der Waals surface area contributed by atoms with Crippen molar-refractivity contribution in [1.82, 2.24) is 0 Å². The largest absolute Gasteiger partial charge is 0.479 e. The lowest BCUT2D eigenvalue weighted by molar-refractivity contribution is -0.288. The first kappa shape index (κ1) is 15.8. The van der Waals surface area contributed by atoms with Crippen molar-refractivity contribution in [1.29, 1.82) is 0 Å². The van der Waals surface area contributed by atoms with Crippen LogP contribution in [0.15, 0.2) is 0 Å². The molecule has 0 aliphatic carbocycles. The van der Waals surface area contributed by atoms with Crippen LogP contribution in [0.25, 0.3) is 0 Å². The van der Waals surface area contributed by atoms with Crippen LogP contribution in [0.2, 0.25) is 0 Å². The zero-order valence-electron chi connectivity index (χ0n) is 10.8. The van der Waals surface area contributed by atoms with Crippen LogP contribution >= 0.6 is 0 Å². The minimum Gasteiger partial charge on any atom is -0.479 e. The molecule has 1 aliphatic heterocycles. The maximum absolute atomic E-state index is 11.6. The molecular formula is C11H18O8. The molecule has 0 unspecified atom stereocenters. The van der Waals surface area contributed by atoms with E-state index in [0.717, 1.165) is 0 Å². The van der Waals surface area contributed by atoms with Gasteiger partial charge in [0.15, 0.2) is 6.10 Å². The van der Waals surface area contributed by atoms with E-state index in [9.17, 15) is 24.9 Å². The zero-order chi connectivity index (χ0) is 15.0. The van der Waals surface area contributed by atoms with Gasteiger partial charge in [0.05, 0.1) is 5.41 Å². The Bertz CT molecular complexity index is 360. The van der Waals surface area contributed by atoms with E-state index < -0.39 is 48.1 Å². The fourth-order valence-corrected chi connectivity index (χ4v) is 1.43. The highest BCUT2D eigenvalue weighted by molar-refractivity contribution is 5.76. The number of aliphatic hydroxyl groups is 3. The van der Waals surface area contributed by atoms with E-state index >= 15 is 0 Å². The second-order valence-corrected chi connectivity index (χ2v) is 5.39. The lowest BCUT2D eigenvalue weighted by atomic mass is 9.96. The number of ether oxygens (including phenoxy) is 2. The average Bonchev–Trinajstić information content (AvgIpc) is 2.28. The summed E-state index contributed by atoms with van der Waals surface area (Å²) in [5.41, 5.74) is -0.886. The summed E-state index contributed by atoms with van der Waals surface area (Å²) in [7, 11) is 0. The number of esters is 1. The number of hydrogen-bond donors (Lipinski definition) is 4. The van der Waals surface area contributed by atoms with E-state index in [2.05, 4.69) is 0 Å². The average molecular weight is 278 g/mol. The van der Waals surface area contributed by atoms with Crippen molar-refractivity contribution < 1.29 is 39.5 Å². The van der Waals surface area contributed by atoms with E-state index in [4.69, 9.17) is 14.6 Å². The van der Waals surface area contributed by atoms with Crippen LogP contribution in [0.4, 0.5) is 0 Å². The van der Waals surface area contributed by atoms with Gasteiger partial charge in [0.25, 0.3) is 0 Å². The minimum absolute atomic E-state index is 0.732. The number of carboxylic acids is 1. The second-order valence-electron chi connectivity index (χ2n) is 5.39. The highest BCUT2D eigenvalue weighted by Crippen LogP contribution is 2.25. The predicted molar refractivity (Wildman–Crippen MR) is 59.9 cm³/mol. The molecule has 0 spiro atoms. The minimum atomic E-state index is -1.81. The van der Waals surface area contributed by atoms with Crippen LogP contribution in [0.5, 0.6) is 0 Å². The summed E-state index contributed by atoms with van der Waals surface area (Å²) in [5.74, 6) is -2.26. The highest BCUT2D eigenvalue weighted by Gasteiger charge is 2.49. The van der Waals surface area contributed by atoms with Crippen molar-refractivity contribution in [2.24, 2.45) is 5.41 Å². The molecule has 8 nitrogen and oxygen atoms in total. The van der Waals surface area contributed by atoms with Crippen molar-refractivity contribution in [3.8, 4) is 0 Å². The second kappa shape index (κ2) is 5.41. The van der Waals surface area contributed by atoms with Gasteiger partial charge < -0.3 is 29.9 Å². The Labute approximate surface area is 109 Å². The highest BCUT2D eigenvalue weighted by atomic mass is 16.7. The Balaban J connectivity index is 2.83. The summed E-state index contributed by atoms with van der Waals surface area (Å²) in [5, 5.41) is 37.4. The SMILES string of the molecule is CC(C)(C)C(=O)O[C@@H]1O[C@H](C(=O)O)[C@@H](O)[C@H](O)[C@H]1O. The van der Waals surface area contributed by atoms with E-state index in [1.54, 1.807) is 20.8 Å². The fraction of sp³-hybridized carbons (Fsp3) is 0.818. The normalized spacial score (nSPS) is 35.8. The molecule has 8 heteroatoms. The molecular weight excluding hydrogens is 260 g/mol. The number of carboxylic acid groups (broad SMARTS) is 1. The first-order chi connectivity index (χ1) is 8.55. The monoisotopic (exact) mass is 278 g/mol.